The fraction of sp³-hybridized carbons (Fsp3) is 0.233. The van der Waals surface area contributed by atoms with E-state index in [2.05, 4.69) is 45.0 Å². The van der Waals surface area contributed by atoms with E-state index < -0.39 is 0 Å². The van der Waals surface area contributed by atoms with E-state index in [4.69, 9.17) is 23.8 Å². The Hall–Kier alpha value is -3.88. The minimum absolute atomic E-state index is 0.0993. The van der Waals surface area contributed by atoms with Gasteiger partial charge in [-0.15, -0.1) is 0 Å². The Morgan fingerprint density at radius 3 is 2.44 bits per heavy atom. The first-order valence-electron chi connectivity index (χ1n) is 12.7. The summed E-state index contributed by atoms with van der Waals surface area (Å²) in [5.74, 6) is -0.0423. The molecule has 2 aromatic carbocycles. The van der Waals surface area contributed by atoms with Crippen molar-refractivity contribution < 1.29 is 9.90 Å². The molecule has 3 heterocycles. The van der Waals surface area contributed by atoms with Crippen LogP contribution in [-0.4, -0.2) is 25.7 Å². The number of halogens is 1. The topological polar surface area (TPSA) is 82.4 Å². The largest absolute Gasteiger partial charge is 0.508 e. The number of phenolic OH excluding ortho intramolecular Hbond substituents is 1. The Balaban J connectivity index is 1.61. The first-order chi connectivity index (χ1) is 18.7. The quantitative estimate of drug-likeness (QED) is 0.230. The summed E-state index contributed by atoms with van der Waals surface area (Å²) in [7, 11) is 0. The third-order valence-corrected chi connectivity index (χ3v) is 7.64. The lowest BCUT2D eigenvalue weighted by molar-refractivity contribution is -0.118. The second-order valence-electron chi connectivity index (χ2n) is 9.98. The molecule has 1 saturated heterocycles. The van der Waals surface area contributed by atoms with Gasteiger partial charge in [0.1, 0.15) is 5.75 Å². The van der Waals surface area contributed by atoms with Crippen LogP contribution >= 0.6 is 23.8 Å². The number of rotatable bonds is 6. The summed E-state index contributed by atoms with van der Waals surface area (Å²) >= 11 is 12.6. The van der Waals surface area contributed by atoms with Gasteiger partial charge in [-0.2, -0.15) is 0 Å². The monoisotopic (exact) mass is 559 g/mol. The number of thiocarbonyl (C=S) groups is 1. The molecule has 0 spiro atoms. The number of phenols is 1. The number of nitrogens with one attached hydrogen (secondary N) is 2. The summed E-state index contributed by atoms with van der Waals surface area (Å²) in [4.78, 5) is 19.0. The molecule has 39 heavy (non-hydrogen) atoms. The number of anilines is 2. The molecule has 7 nitrogen and oxygen atoms in total. The zero-order valence-electron chi connectivity index (χ0n) is 22.1. The Bertz CT molecular complexity index is 1540. The zero-order chi connectivity index (χ0) is 27.8. The molecule has 1 fully saturated rings. The first-order valence-corrected chi connectivity index (χ1v) is 13.5. The van der Waals surface area contributed by atoms with Gasteiger partial charge in [-0.3, -0.25) is 9.78 Å². The molecule has 200 valence electrons. The maximum atomic E-state index is 12.3. The fourth-order valence-electron chi connectivity index (χ4n) is 5.07. The van der Waals surface area contributed by atoms with Crippen LogP contribution in [0.3, 0.4) is 0 Å². The van der Waals surface area contributed by atoms with Crippen molar-refractivity contribution in [1.29, 1.82) is 0 Å². The summed E-state index contributed by atoms with van der Waals surface area (Å²) in [5.41, 5.74) is 6.36. The number of pyridine rings is 1. The van der Waals surface area contributed by atoms with Gasteiger partial charge >= 0.3 is 0 Å². The van der Waals surface area contributed by atoms with E-state index in [1.165, 1.54) is 0 Å². The molecule has 4 aromatic rings. The van der Waals surface area contributed by atoms with E-state index in [1.807, 2.05) is 62.4 Å². The molecule has 0 unspecified atom stereocenters. The van der Waals surface area contributed by atoms with Gasteiger partial charge in [0.15, 0.2) is 5.11 Å². The molecule has 0 radical (unpaired) electrons. The zero-order valence-corrected chi connectivity index (χ0v) is 23.7. The molecular weight excluding hydrogens is 530 g/mol. The third kappa shape index (κ3) is 5.10. The number of carbonyl (C=O) groups is 1. The lowest BCUT2D eigenvalue weighted by Gasteiger charge is -2.28. The summed E-state index contributed by atoms with van der Waals surface area (Å²) in [6.07, 6.45) is 1.78. The van der Waals surface area contributed by atoms with Crippen molar-refractivity contribution in [2.75, 3.05) is 10.2 Å². The van der Waals surface area contributed by atoms with Crippen LogP contribution in [0.15, 0.2) is 72.9 Å². The molecule has 2 atom stereocenters. The van der Waals surface area contributed by atoms with Gasteiger partial charge in [-0.25, -0.2) is 0 Å². The van der Waals surface area contributed by atoms with E-state index in [0.717, 1.165) is 34.0 Å². The van der Waals surface area contributed by atoms with Crippen LogP contribution in [0.5, 0.6) is 5.75 Å². The highest BCUT2D eigenvalue weighted by Crippen LogP contribution is 2.44. The predicted octanol–water partition coefficient (Wildman–Crippen LogP) is 6.62. The van der Waals surface area contributed by atoms with Crippen LogP contribution < -0.4 is 15.5 Å². The maximum Gasteiger partial charge on any atom is 0.226 e. The van der Waals surface area contributed by atoms with Crippen LogP contribution in [0, 0.1) is 19.8 Å². The van der Waals surface area contributed by atoms with Crippen molar-refractivity contribution in [3.05, 3.63) is 101 Å². The van der Waals surface area contributed by atoms with Crippen molar-refractivity contribution in [3.63, 3.8) is 0 Å². The number of benzene rings is 2. The van der Waals surface area contributed by atoms with Crippen LogP contribution in [0.4, 0.5) is 11.4 Å². The second-order valence-corrected chi connectivity index (χ2v) is 10.8. The fourth-order valence-corrected chi connectivity index (χ4v) is 5.64. The van der Waals surface area contributed by atoms with Crippen molar-refractivity contribution >= 4 is 46.2 Å². The lowest BCUT2D eigenvalue weighted by atomic mass is 9.96. The van der Waals surface area contributed by atoms with Crippen LogP contribution in [0.2, 0.25) is 5.02 Å². The van der Waals surface area contributed by atoms with Gasteiger partial charge in [-0.1, -0.05) is 31.5 Å². The number of hydrogen-bond donors (Lipinski definition) is 3. The third-order valence-electron chi connectivity index (χ3n) is 7.01. The van der Waals surface area contributed by atoms with Gasteiger partial charge in [0.25, 0.3) is 0 Å². The molecule has 0 saturated carbocycles. The van der Waals surface area contributed by atoms with Crippen molar-refractivity contribution in [2.45, 2.75) is 39.8 Å². The maximum absolute atomic E-state index is 12.3. The number of aromatic hydroxyl groups is 1. The number of aromatic nitrogens is 2. The number of carbonyl (C=O) groups excluding carboxylic acids is 1. The molecule has 1 aliphatic rings. The summed E-state index contributed by atoms with van der Waals surface area (Å²) in [6.45, 7) is 7.82. The SMILES string of the molecule is Cc1cc([C@H]2[C@@H](c3ccccn3)NC(=S)N2c2ccc(NC(=O)C(C)C)c(Cl)c2)c(C)n1-c1ccc(O)cc1. The van der Waals surface area contributed by atoms with E-state index >= 15 is 0 Å². The van der Waals surface area contributed by atoms with Gasteiger partial charge in [-0.05, 0) is 92.3 Å². The van der Waals surface area contributed by atoms with Gasteiger partial charge < -0.3 is 25.2 Å². The number of hydrogen-bond acceptors (Lipinski definition) is 4. The molecule has 2 aromatic heterocycles. The highest BCUT2D eigenvalue weighted by molar-refractivity contribution is 7.80. The highest BCUT2D eigenvalue weighted by atomic mass is 35.5. The molecule has 5 rings (SSSR count). The van der Waals surface area contributed by atoms with Crippen molar-refractivity contribution in [2.24, 2.45) is 5.92 Å². The van der Waals surface area contributed by atoms with Crippen molar-refractivity contribution in [1.82, 2.24) is 14.9 Å². The molecule has 9 heteroatoms. The van der Waals surface area contributed by atoms with E-state index in [1.54, 1.807) is 18.3 Å². The minimum Gasteiger partial charge on any atom is -0.508 e. The van der Waals surface area contributed by atoms with Gasteiger partial charge in [0, 0.05) is 34.9 Å². The molecule has 1 aliphatic heterocycles. The van der Waals surface area contributed by atoms with Crippen molar-refractivity contribution in [3.8, 4) is 11.4 Å². The summed E-state index contributed by atoms with van der Waals surface area (Å²) in [6, 6.07) is 20.3. The standard InChI is InChI=1S/C30H30ClN5O2S/c1-17(2)29(38)33-25-13-10-21(16-24(25)31)36-28(27(34-30(36)39)26-7-5-6-14-32-26)23-15-18(3)35(19(23)4)20-8-11-22(37)12-9-20/h5-17,27-28,37H,1-4H3,(H,33,38)(H,34,39)/t27-,28+/m1/s1. The minimum atomic E-state index is -0.225. The Morgan fingerprint density at radius 1 is 1.08 bits per heavy atom. The van der Waals surface area contributed by atoms with Crippen LogP contribution in [0.25, 0.3) is 5.69 Å². The molecule has 1 amide bonds. The van der Waals surface area contributed by atoms with Crippen LogP contribution in [-0.2, 0) is 4.79 Å². The molecule has 3 N–H and O–H groups in total. The average molecular weight is 560 g/mol. The predicted molar refractivity (Wildman–Crippen MR) is 160 cm³/mol. The smallest absolute Gasteiger partial charge is 0.226 e. The normalized spacial score (nSPS) is 17.0. The highest BCUT2D eigenvalue weighted by Gasteiger charge is 2.42. The first kappa shape index (κ1) is 26.7. The molecular formula is C30H30ClN5O2S. The molecule has 0 aliphatic carbocycles. The van der Waals surface area contributed by atoms with E-state index in [0.29, 0.717) is 15.8 Å². The van der Waals surface area contributed by atoms with Crippen LogP contribution in [0.1, 0.15) is 48.6 Å². The Labute approximate surface area is 238 Å². The number of nitrogens with zero attached hydrogens (tertiary/aromatic N) is 3. The number of amides is 1. The Morgan fingerprint density at radius 2 is 1.79 bits per heavy atom. The second kappa shape index (κ2) is 10.7. The van der Waals surface area contributed by atoms with E-state index in [9.17, 15) is 9.90 Å². The summed E-state index contributed by atoms with van der Waals surface area (Å²) < 4.78 is 2.17. The lowest BCUT2D eigenvalue weighted by Crippen LogP contribution is -2.29. The average Bonchev–Trinajstić information content (AvgIpc) is 3.41. The number of aryl methyl sites for hydroxylation is 1. The molecule has 0 bridgehead atoms. The summed E-state index contributed by atoms with van der Waals surface area (Å²) in [5, 5.41) is 17.2. The van der Waals surface area contributed by atoms with Gasteiger partial charge in [0.05, 0.1) is 28.5 Å². The van der Waals surface area contributed by atoms with E-state index in [-0.39, 0.29) is 29.7 Å². The Kier molecular flexibility index (Phi) is 7.34. The van der Waals surface area contributed by atoms with Gasteiger partial charge in [0.2, 0.25) is 5.91 Å².